The summed E-state index contributed by atoms with van der Waals surface area (Å²) in [5.74, 6) is 0. The van der Waals surface area contributed by atoms with E-state index in [0.29, 0.717) is 16.4 Å². The van der Waals surface area contributed by atoms with Crippen molar-refractivity contribution in [2.45, 2.75) is 22.8 Å². The summed E-state index contributed by atoms with van der Waals surface area (Å²) in [6.45, 7) is 0. The first-order valence-electron chi connectivity index (χ1n) is 7.61. The topological polar surface area (TPSA) is 81.4 Å². The maximum Gasteiger partial charge on any atom is 0.430 e. The Morgan fingerprint density at radius 3 is 1.93 bits per heavy atom. The maximum atomic E-state index is 12.9. The summed E-state index contributed by atoms with van der Waals surface area (Å²) >= 11 is 0. The number of hydrogen-bond donors (Lipinski definition) is 1. The van der Waals surface area contributed by atoms with Gasteiger partial charge in [-0.15, -0.1) is 0 Å². The van der Waals surface area contributed by atoms with Gasteiger partial charge in [0.15, 0.2) is 0 Å². The van der Waals surface area contributed by atoms with E-state index in [9.17, 15) is 39.9 Å². The van der Waals surface area contributed by atoms with Crippen molar-refractivity contribution >= 4 is 15.7 Å². The van der Waals surface area contributed by atoms with Crippen molar-refractivity contribution in [1.29, 1.82) is 5.26 Å². The number of halogens is 6. The number of benzene rings is 2. The van der Waals surface area contributed by atoms with Crippen molar-refractivity contribution in [2.75, 3.05) is 11.4 Å². The minimum atomic E-state index is -6.08. The van der Waals surface area contributed by atoms with Crippen LogP contribution in [0.3, 0.4) is 0 Å². The van der Waals surface area contributed by atoms with Crippen LogP contribution in [0.4, 0.5) is 32.0 Å². The van der Waals surface area contributed by atoms with Crippen LogP contribution in [0.1, 0.15) is 11.1 Å². The Morgan fingerprint density at radius 2 is 1.48 bits per heavy atom. The lowest BCUT2D eigenvalue weighted by Crippen LogP contribution is -2.53. The first-order valence-corrected chi connectivity index (χ1v) is 9.05. The van der Waals surface area contributed by atoms with Crippen LogP contribution in [0, 0.1) is 11.3 Å². The van der Waals surface area contributed by atoms with Gasteiger partial charge < -0.3 is 5.11 Å². The van der Waals surface area contributed by atoms with Crippen LogP contribution < -0.4 is 4.31 Å². The number of rotatable bonds is 4. The summed E-state index contributed by atoms with van der Waals surface area (Å²) < 4.78 is 103. The number of anilines is 1. The highest BCUT2D eigenvalue weighted by atomic mass is 32.2. The van der Waals surface area contributed by atoms with E-state index in [4.69, 9.17) is 5.26 Å². The zero-order chi connectivity index (χ0) is 22.3. The van der Waals surface area contributed by atoms with Gasteiger partial charge in [0.1, 0.15) is 0 Å². The number of nitriles is 1. The lowest BCUT2D eigenvalue weighted by Gasteiger charge is -2.32. The predicted molar refractivity (Wildman–Crippen MR) is 89.2 cm³/mol. The van der Waals surface area contributed by atoms with Crippen molar-refractivity contribution < 1.29 is 39.9 Å². The van der Waals surface area contributed by atoms with Gasteiger partial charge in [-0.25, -0.2) is 8.42 Å². The van der Waals surface area contributed by atoms with E-state index < -0.39 is 38.4 Å². The second-order valence-electron chi connectivity index (χ2n) is 5.86. The second kappa shape index (κ2) is 7.23. The Hall–Kier alpha value is -2.78. The Morgan fingerprint density at radius 1 is 0.966 bits per heavy atom. The van der Waals surface area contributed by atoms with Crippen LogP contribution >= 0.6 is 0 Å². The molecule has 0 aromatic heterocycles. The fourth-order valence-electron chi connectivity index (χ4n) is 2.42. The van der Waals surface area contributed by atoms with Gasteiger partial charge in [-0.2, -0.15) is 31.6 Å². The van der Waals surface area contributed by atoms with Crippen molar-refractivity contribution in [3.63, 3.8) is 0 Å². The number of aliphatic hydroxyl groups is 1. The average molecular weight is 438 g/mol. The van der Waals surface area contributed by atoms with Crippen LogP contribution in [-0.2, 0) is 15.6 Å². The zero-order valence-corrected chi connectivity index (χ0v) is 15.3. The Labute approximate surface area is 161 Å². The van der Waals surface area contributed by atoms with Gasteiger partial charge in [-0.05, 0) is 30.3 Å². The first-order chi connectivity index (χ1) is 13.2. The molecule has 0 saturated heterocycles. The molecule has 2 aromatic rings. The molecule has 1 N–H and O–H groups in total. The summed E-state index contributed by atoms with van der Waals surface area (Å²) in [7, 11) is -3.27. The minimum absolute atomic E-state index is 0.0511. The van der Waals surface area contributed by atoms with Crippen molar-refractivity contribution in [1.82, 2.24) is 0 Å². The quantitative estimate of drug-likeness (QED) is 0.739. The van der Waals surface area contributed by atoms with Crippen LogP contribution in [-0.4, -0.2) is 32.9 Å². The van der Waals surface area contributed by atoms with Crippen LogP contribution in [0.5, 0.6) is 0 Å². The lowest BCUT2D eigenvalue weighted by molar-refractivity contribution is -0.376. The van der Waals surface area contributed by atoms with E-state index in [1.807, 2.05) is 0 Å². The number of hydrogen-bond acceptors (Lipinski definition) is 4. The van der Waals surface area contributed by atoms with E-state index in [1.165, 1.54) is 24.3 Å². The van der Waals surface area contributed by atoms with Gasteiger partial charge in [-0.1, -0.05) is 18.2 Å². The van der Waals surface area contributed by atoms with Gasteiger partial charge in [0.05, 0.1) is 22.2 Å². The summed E-state index contributed by atoms with van der Waals surface area (Å²) in [6, 6.07) is 8.73. The number of sulfonamides is 1. The molecule has 0 aliphatic heterocycles. The molecule has 2 rings (SSSR count). The number of alkyl halides is 6. The first kappa shape index (κ1) is 22.5. The molecule has 0 spiro atoms. The molecule has 0 fully saturated rings. The van der Waals surface area contributed by atoms with Crippen LogP contribution in [0.25, 0.3) is 0 Å². The molecule has 2 aromatic carbocycles. The van der Waals surface area contributed by atoms with Gasteiger partial charge in [0.2, 0.25) is 0 Å². The Kier molecular flexibility index (Phi) is 5.62. The smallest absolute Gasteiger partial charge is 0.369 e. The zero-order valence-electron chi connectivity index (χ0n) is 14.5. The lowest BCUT2D eigenvalue weighted by atomic mass is 9.92. The summed E-state index contributed by atoms with van der Waals surface area (Å²) in [6.07, 6.45) is -12.2. The second-order valence-corrected chi connectivity index (χ2v) is 7.83. The third kappa shape index (κ3) is 3.88. The standard InChI is InChI=1S/C17H12F6N2O3S/c1-25(13-4-2-3-11(9-13)10-24)29(27,28)14-7-5-12(6-8-14)15(26,16(18,19)20)17(21,22)23/h2-9,26H,1H3. The Bertz CT molecular complexity index is 1030. The Balaban J connectivity index is 2.49. The molecule has 0 aliphatic rings. The monoisotopic (exact) mass is 438 g/mol. The summed E-state index contributed by atoms with van der Waals surface area (Å²) in [5.41, 5.74) is -6.55. The largest absolute Gasteiger partial charge is 0.430 e. The third-order valence-electron chi connectivity index (χ3n) is 4.09. The number of nitrogens with zero attached hydrogens (tertiary/aromatic N) is 2. The molecule has 5 nitrogen and oxygen atoms in total. The molecule has 0 saturated carbocycles. The highest BCUT2D eigenvalue weighted by Crippen LogP contribution is 2.50. The average Bonchev–Trinajstić information content (AvgIpc) is 2.65. The maximum absolute atomic E-state index is 12.9. The van der Waals surface area contributed by atoms with Crippen LogP contribution in [0.2, 0.25) is 0 Å². The molecule has 0 aliphatic carbocycles. The van der Waals surface area contributed by atoms with Gasteiger partial charge in [0.25, 0.3) is 15.6 Å². The van der Waals surface area contributed by atoms with Crippen molar-refractivity contribution in [3.8, 4) is 6.07 Å². The van der Waals surface area contributed by atoms with Gasteiger partial charge in [0, 0.05) is 12.6 Å². The van der Waals surface area contributed by atoms with Crippen molar-refractivity contribution in [3.05, 3.63) is 59.7 Å². The molecule has 0 unspecified atom stereocenters. The van der Waals surface area contributed by atoms with Gasteiger partial charge in [-0.3, -0.25) is 4.31 Å². The molecular formula is C17H12F6N2O3S. The fraction of sp³-hybridized carbons (Fsp3) is 0.235. The fourth-order valence-corrected chi connectivity index (χ4v) is 3.61. The molecule has 0 atom stereocenters. The molecule has 0 radical (unpaired) electrons. The molecule has 0 amide bonds. The molecule has 12 heteroatoms. The van der Waals surface area contributed by atoms with E-state index in [2.05, 4.69) is 0 Å². The normalized spacial score (nSPS) is 13.1. The molecule has 29 heavy (non-hydrogen) atoms. The molecule has 156 valence electrons. The SMILES string of the molecule is CN(c1cccc(C#N)c1)S(=O)(=O)c1ccc(C(O)(C(F)(F)F)C(F)(F)F)cc1. The van der Waals surface area contributed by atoms with E-state index in [0.717, 1.165) is 7.05 Å². The van der Waals surface area contributed by atoms with Gasteiger partial charge >= 0.3 is 12.4 Å². The van der Waals surface area contributed by atoms with E-state index in [1.54, 1.807) is 6.07 Å². The minimum Gasteiger partial charge on any atom is -0.369 e. The van der Waals surface area contributed by atoms with E-state index in [-0.39, 0.29) is 23.4 Å². The molecule has 0 bridgehead atoms. The highest BCUT2D eigenvalue weighted by molar-refractivity contribution is 7.92. The van der Waals surface area contributed by atoms with Crippen LogP contribution in [0.15, 0.2) is 53.4 Å². The summed E-state index contributed by atoms with van der Waals surface area (Å²) in [5, 5.41) is 18.2. The molecular weight excluding hydrogens is 426 g/mol. The predicted octanol–water partition coefficient (Wildman–Crippen LogP) is 3.70. The highest BCUT2D eigenvalue weighted by Gasteiger charge is 2.71. The molecule has 0 heterocycles. The summed E-state index contributed by atoms with van der Waals surface area (Å²) in [4.78, 5) is -0.613. The van der Waals surface area contributed by atoms with E-state index >= 15 is 0 Å². The van der Waals surface area contributed by atoms with Crippen molar-refractivity contribution in [2.24, 2.45) is 0 Å². The third-order valence-corrected chi connectivity index (χ3v) is 5.89.